The third kappa shape index (κ3) is 4.98. The van der Waals surface area contributed by atoms with Crippen LogP contribution in [0, 0.1) is 11.8 Å². The van der Waals surface area contributed by atoms with E-state index >= 15 is 0 Å². The first kappa shape index (κ1) is 27.2. The van der Waals surface area contributed by atoms with Crippen LogP contribution >= 0.6 is 15.9 Å². The fourth-order valence-electron chi connectivity index (χ4n) is 9.42. The molecule has 4 fully saturated rings. The van der Waals surface area contributed by atoms with E-state index in [-0.39, 0.29) is 11.3 Å². The Morgan fingerprint density at radius 2 is 1.70 bits per heavy atom. The molecule has 4 atom stereocenters. The molecule has 3 heterocycles. The summed E-state index contributed by atoms with van der Waals surface area (Å²) in [5, 5.41) is 3.76. The number of carbonyl (C=O) groups is 1. The summed E-state index contributed by atoms with van der Waals surface area (Å²) in [7, 11) is 0. The summed E-state index contributed by atoms with van der Waals surface area (Å²) >= 11 is 3.76. The average Bonchev–Trinajstić information content (AvgIpc) is 3.68. The molecule has 5 aliphatic rings. The number of fused-ring (bicyclic) bond motifs is 2. The maximum atomic E-state index is 14.9. The molecule has 2 saturated carbocycles. The normalized spacial score (nSPS) is 32.0. The summed E-state index contributed by atoms with van der Waals surface area (Å²) in [6.45, 7) is 4.67. The fourth-order valence-corrected chi connectivity index (χ4v) is 9.83. The molecule has 2 aromatic carbocycles. The van der Waals surface area contributed by atoms with Crippen LogP contribution < -0.4 is 5.32 Å². The lowest BCUT2D eigenvalue weighted by Crippen LogP contribution is -2.59. The minimum absolute atomic E-state index is 0.0102. The van der Waals surface area contributed by atoms with Crippen LogP contribution in [0.25, 0.3) is 0 Å². The second-order valence-electron chi connectivity index (χ2n) is 13.6. The van der Waals surface area contributed by atoms with Gasteiger partial charge in [0, 0.05) is 54.7 Å². The number of hydrogen-bond acceptors (Lipinski definition) is 3. The molecule has 1 spiro atoms. The molecule has 2 aliphatic carbocycles. The van der Waals surface area contributed by atoms with Crippen molar-refractivity contribution in [2.75, 3.05) is 26.2 Å². The first-order valence-corrected chi connectivity index (χ1v) is 17.0. The van der Waals surface area contributed by atoms with Crippen LogP contribution in [0.3, 0.4) is 0 Å². The molecule has 1 unspecified atom stereocenters. The van der Waals surface area contributed by atoms with Crippen molar-refractivity contribution in [3.63, 3.8) is 0 Å². The minimum atomic E-state index is -0.138. The van der Waals surface area contributed by atoms with E-state index in [1.807, 2.05) is 0 Å². The molecule has 4 nitrogen and oxygen atoms in total. The topological polar surface area (TPSA) is 35.6 Å². The first-order chi connectivity index (χ1) is 19.6. The van der Waals surface area contributed by atoms with E-state index in [0.717, 1.165) is 50.0 Å². The van der Waals surface area contributed by atoms with Crippen LogP contribution in [0.4, 0.5) is 0 Å². The van der Waals surface area contributed by atoms with Crippen molar-refractivity contribution in [1.29, 1.82) is 0 Å². The molecule has 0 aromatic heterocycles. The van der Waals surface area contributed by atoms with Gasteiger partial charge in [-0.3, -0.25) is 9.69 Å². The Bertz CT molecular complexity index is 1190. The summed E-state index contributed by atoms with van der Waals surface area (Å²) < 4.78 is 1.16. The predicted octanol–water partition coefficient (Wildman–Crippen LogP) is 7.02. The zero-order valence-electron chi connectivity index (χ0n) is 24.0. The second-order valence-corrected chi connectivity index (χ2v) is 14.5. The van der Waals surface area contributed by atoms with Crippen molar-refractivity contribution in [2.45, 2.75) is 101 Å². The van der Waals surface area contributed by atoms with E-state index in [4.69, 9.17) is 0 Å². The van der Waals surface area contributed by atoms with E-state index in [0.29, 0.717) is 29.8 Å². The quantitative estimate of drug-likeness (QED) is 0.408. The number of hydrogen-bond donors (Lipinski definition) is 1. The van der Waals surface area contributed by atoms with Gasteiger partial charge in [0.25, 0.3) is 0 Å². The predicted molar refractivity (Wildman–Crippen MR) is 165 cm³/mol. The van der Waals surface area contributed by atoms with Gasteiger partial charge in [-0.05, 0) is 79.2 Å². The van der Waals surface area contributed by atoms with Crippen molar-refractivity contribution in [1.82, 2.24) is 15.1 Å². The lowest BCUT2D eigenvalue weighted by molar-refractivity contribution is -0.143. The van der Waals surface area contributed by atoms with Crippen LogP contribution in [0.1, 0.15) is 93.2 Å². The molecule has 0 radical (unpaired) electrons. The lowest BCUT2D eigenvalue weighted by atomic mass is 9.67. The number of benzene rings is 2. The van der Waals surface area contributed by atoms with Gasteiger partial charge >= 0.3 is 0 Å². The Hall–Kier alpha value is -1.69. The molecule has 5 heteroatoms. The third-order valence-corrected chi connectivity index (χ3v) is 11.9. The zero-order chi connectivity index (χ0) is 27.1. The Balaban J connectivity index is 1.21. The van der Waals surface area contributed by atoms with Crippen LogP contribution in [0.5, 0.6) is 0 Å². The van der Waals surface area contributed by atoms with E-state index in [2.05, 4.69) is 79.6 Å². The van der Waals surface area contributed by atoms with Crippen LogP contribution in [-0.2, 0) is 16.8 Å². The highest BCUT2D eigenvalue weighted by Crippen LogP contribution is 2.47. The van der Waals surface area contributed by atoms with Gasteiger partial charge in [0.2, 0.25) is 5.91 Å². The molecular weight excluding hydrogens is 558 g/mol. The molecule has 40 heavy (non-hydrogen) atoms. The molecule has 2 aromatic rings. The van der Waals surface area contributed by atoms with Gasteiger partial charge in [-0.1, -0.05) is 84.4 Å². The monoisotopic (exact) mass is 603 g/mol. The molecular formula is C35H46BrN3O. The van der Waals surface area contributed by atoms with Crippen molar-refractivity contribution in [3.05, 3.63) is 69.7 Å². The van der Waals surface area contributed by atoms with Gasteiger partial charge in [-0.15, -0.1) is 0 Å². The number of amides is 1. The lowest BCUT2D eigenvalue weighted by Gasteiger charge is -2.50. The standard InChI is InChI=1S/C35H46BrN3O/c36-29-15-16-31-28(19-29)22-38(30-13-7-8-14-30)24-35(31)23-37-21-32(35)34(40)39-18-17-27(25-9-3-1-4-10-25)20-33(39)26-11-5-2-6-12-26/h1,3-4,9-10,15-16,19,26-27,30,32-33,37H,2,5-8,11-14,17-18,20-24H2/t27-,32?,33+,35-/m1/s1. The molecule has 214 valence electrons. The highest BCUT2D eigenvalue weighted by molar-refractivity contribution is 9.10. The maximum absolute atomic E-state index is 14.9. The Morgan fingerprint density at radius 3 is 2.50 bits per heavy atom. The Morgan fingerprint density at radius 1 is 0.925 bits per heavy atom. The number of nitrogens with zero attached hydrogens (tertiary/aromatic N) is 2. The van der Waals surface area contributed by atoms with Crippen LogP contribution in [0.15, 0.2) is 53.0 Å². The molecule has 7 rings (SSSR count). The summed E-state index contributed by atoms with van der Waals surface area (Å²) in [4.78, 5) is 20.1. The van der Waals surface area contributed by atoms with Crippen molar-refractivity contribution in [3.8, 4) is 0 Å². The summed E-state index contributed by atoms with van der Waals surface area (Å²) in [6.07, 6.45) is 14.1. The maximum Gasteiger partial charge on any atom is 0.228 e. The highest BCUT2D eigenvalue weighted by Gasteiger charge is 2.54. The molecule has 3 aliphatic heterocycles. The van der Waals surface area contributed by atoms with Gasteiger partial charge in [-0.2, -0.15) is 0 Å². The summed E-state index contributed by atoms with van der Waals surface area (Å²) in [6, 6.07) is 19.1. The van der Waals surface area contributed by atoms with Gasteiger partial charge < -0.3 is 10.2 Å². The van der Waals surface area contributed by atoms with Gasteiger partial charge in [-0.25, -0.2) is 0 Å². The molecule has 0 bridgehead atoms. The molecule has 2 saturated heterocycles. The summed E-state index contributed by atoms with van der Waals surface area (Å²) in [5.74, 6) is 1.67. The van der Waals surface area contributed by atoms with E-state index in [1.54, 1.807) is 0 Å². The van der Waals surface area contributed by atoms with Crippen LogP contribution in [0.2, 0.25) is 0 Å². The van der Waals surface area contributed by atoms with Crippen molar-refractivity contribution >= 4 is 21.8 Å². The van der Waals surface area contributed by atoms with Crippen molar-refractivity contribution < 1.29 is 4.79 Å². The number of piperidine rings is 1. The van der Waals surface area contributed by atoms with Crippen LogP contribution in [-0.4, -0.2) is 54.0 Å². The number of halogens is 1. The van der Waals surface area contributed by atoms with Gasteiger partial charge in [0.1, 0.15) is 0 Å². The smallest absolute Gasteiger partial charge is 0.228 e. The minimum Gasteiger partial charge on any atom is -0.339 e. The fraction of sp³-hybridized carbons (Fsp3) is 0.629. The third-order valence-electron chi connectivity index (χ3n) is 11.5. The van der Waals surface area contributed by atoms with Gasteiger partial charge in [0.15, 0.2) is 0 Å². The number of carbonyl (C=O) groups excluding carboxylic acids is 1. The average molecular weight is 605 g/mol. The molecule has 1 amide bonds. The number of rotatable bonds is 4. The Labute approximate surface area is 249 Å². The zero-order valence-corrected chi connectivity index (χ0v) is 25.6. The van der Waals surface area contributed by atoms with Gasteiger partial charge in [0.05, 0.1) is 5.92 Å². The highest BCUT2D eigenvalue weighted by atomic mass is 79.9. The van der Waals surface area contributed by atoms with Crippen molar-refractivity contribution in [2.24, 2.45) is 11.8 Å². The SMILES string of the molecule is O=C(C1CNC[C@]12CN(C1CCCC1)Cc1cc(Br)ccc12)N1CC[C@@H](c2ccccc2)C[C@H]1C1CCCCC1. The number of likely N-dealkylation sites (tertiary alicyclic amines) is 1. The second kappa shape index (κ2) is 11.5. The largest absolute Gasteiger partial charge is 0.339 e. The van der Waals surface area contributed by atoms with E-state index in [9.17, 15) is 4.79 Å². The van der Waals surface area contributed by atoms with E-state index < -0.39 is 0 Å². The molecule has 1 N–H and O–H groups in total. The first-order valence-electron chi connectivity index (χ1n) is 16.2. The van der Waals surface area contributed by atoms with E-state index in [1.165, 1.54) is 74.5 Å². The Kier molecular flexibility index (Phi) is 7.83. The summed E-state index contributed by atoms with van der Waals surface area (Å²) in [5.41, 5.74) is 4.19. The number of nitrogens with one attached hydrogen (secondary N) is 1.